The molecule has 1 aromatic carbocycles. The smallest absolute Gasteiger partial charge is 0.258 e. The van der Waals surface area contributed by atoms with Gasteiger partial charge in [-0.05, 0) is 25.0 Å². The quantitative estimate of drug-likeness (QED) is 0.582. The average molecular weight is 294 g/mol. The number of benzene rings is 1. The van der Waals surface area contributed by atoms with Crippen molar-refractivity contribution in [3.05, 3.63) is 23.8 Å². The number of rotatable bonds is 4. The summed E-state index contributed by atoms with van der Waals surface area (Å²) in [6.07, 6.45) is 3.96. The Morgan fingerprint density at radius 3 is 2.60 bits per heavy atom. The summed E-state index contributed by atoms with van der Waals surface area (Å²) in [5, 5.41) is 19.3. The van der Waals surface area contributed by atoms with E-state index >= 15 is 0 Å². The second kappa shape index (κ2) is 6.09. The molecule has 0 atom stereocenters. The molecule has 20 heavy (non-hydrogen) atoms. The van der Waals surface area contributed by atoms with Crippen LogP contribution in [0, 0.1) is 0 Å². The molecule has 1 aliphatic carbocycles. The highest BCUT2D eigenvalue weighted by Gasteiger charge is 2.29. The van der Waals surface area contributed by atoms with Crippen LogP contribution in [0.25, 0.3) is 0 Å². The van der Waals surface area contributed by atoms with Crippen molar-refractivity contribution in [3.8, 4) is 11.5 Å². The Morgan fingerprint density at radius 1 is 1.35 bits per heavy atom. The van der Waals surface area contributed by atoms with E-state index in [2.05, 4.69) is 0 Å². The van der Waals surface area contributed by atoms with Crippen LogP contribution in [0.15, 0.2) is 18.2 Å². The summed E-state index contributed by atoms with van der Waals surface area (Å²) in [7, 11) is 0. The lowest BCUT2D eigenvalue weighted by Gasteiger charge is -2.29. The number of nitrogens with zero attached hydrogens (tertiary/aromatic N) is 1. The van der Waals surface area contributed by atoms with Crippen LogP contribution in [0.5, 0.6) is 11.5 Å². The van der Waals surface area contributed by atoms with Crippen LogP contribution in [0.3, 0.4) is 0 Å². The number of phenolic OH excluding ortho intramolecular Hbond substituents is 2. The minimum absolute atomic E-state index is 0.0770. The van der Waals surface area contributed by atoms with Gasteiger partial charge in [-0.25, -0.2) is 0 Å². The van der Waals surface area contributed by atoms with Gasteiger partial charge in [0.25, 0.3) is 5.91 Å². The highest BCUT2D eigenvalue weighted by atomic mass is 32.1. The molecule has 0 heterocycles. The monoisotopic (exact) mass is 294 g/mol. The number of carbonyl (C=O) groups is 1. The lowest BCUT2D eigenvalue weighted by atomic mass is 10.1. The number of hydrogen-bond acceptors (Lipinski definition) is 4. The van der Waals surface area contributed by atoms with E-state index in [9.17, 15) is 15.0 Å². The molecule has 1 fully saturated rings. The van der Waals surface area contributed by atoms with Gasteiger partial charge >= 0.3 is 0 Å². The first-order chi connectivity index (χ1) is 9.50. The Labute approximate surface area is 123 Å². The predicted octanol–water partition coefficient (Wildman–Crippen LogP) is 1.77. The molecule has 6 heteroatoms. The van der Waals surface area contributed by atoms with E-state index in [4.69, 9.17) is 18.0 Å². The molecule has 108 valence electrons. The van der Waals surface area contributed by atoms with Gasteiger partial charge in [0.15, 0.2) is 11.5 Å². The van der Waals surface area contributed by atoms with E-state index in [1.54, 1.807) is 4.90 Å². The van der Waals surface area contributed by atoms with Gasteiger partial charge in [0.1, 0.15) is 0 Å². The van der Waals surface area contributed by atoms with Crippen LogP contribution in [-0.2, 0) is 0 Å². The Bertz CT molecular complexity index is 527. The van der Waals surface area contributed by atoms with Gasteiger partial charge in [0, 0.05) is 6.04 Å². The molecule has 5 nitrogen and oxygen atoms in total. The standard InChI is InChI=1S/C14H18N2O3S/c15-12(20)8-16(9-4-1-2-5-9)14(19)10-6-3-7-11(17)13(10)18/h3,6-7,9,17-18H,1-2,4-5,8H2,(H2,15,20). The largest absolute Gasteiger partial charge is 0.504 e. The van der Waals surface area contributed by atoms with Crippen molar-refractivity contribution in [3.63, 3.8) is 0 Å². The van der Waals surface area contributed by atoms with Crippen molar-refractivity contribution in [1.29, 1.82) is 0 Å². The summed E-state index contributed by atoms with van der Waals surface area (Å²) in [6, 6.07) is 4.43. The lowest BCUT2D eigenvalue weighted by molar-refractivity contribution is 0.0711. The number of carbonyl (C=O) groups excluding carboxylic acids is 1. The second-order valence-electron chi connectivity index (χ2n) is 5.01. The number of thiocarbonyl (C=S) groups is 1. The molecule has 1 aromatic rings. The molecule has 0 spiro atoms. The number of amides is 1. The first kappa shape index (κ1) is 14.6. The van der Waals surface area contributed by atoms with E-state index in [1.807, 2.05) is 0 Å². The summed E-state index contributed by atoms with van der Waals surface area (Å²) < 4.78 is 0. The van der Waals surface area contributed by atoms with Gasteiger partial charge < -0.3 is 20.8 Å². The van der Waals surface area contributed by atoms with Crippen LogP contribution in [0.4, 0.5) is 0 Å². The SMILES string of the molecule is NC(=S)CN(C(=O)c1cccc(O)c1O)C1CCCC1. The maximum absolute atomic E-state index is 12.6. The summed E-state index contributed by atoms with van der Waals surface area (Å²) in [4.78, 5) is 14.4. The molecule has 1 amide bonds. The van der Waals surface area contributed by atoms with Crippen molar-refractivity contribution >= 4 is 23.1 Å². The van der Waals surface area contributed by atoms with Crippen molar-refractivity contribution < 1.29 is 15.0 Å². The molecule has 0 aliphatic heterocycles. The molecular weight excluding hydrogens is 276 g/mol. The number of hydrogen-bond donors (Lipinski definition) is 3. The van der Waals surface area contributed by atoms with E-state index in [0.717, 1.165) is 25.7 Å². The normalized spacial score (nSPS) is 15.2. The van der Waals surface area contributed by atoms with Crippen molar-refractivity contribution in [2.24, 2.45) is 5.73 Å². The van der Waals surface area contributed by atoms with Crippen molar-refractivity contribution in [1.82, 2.24) is 4.90 Å². The van der Waals surface area contributed by atoms with E-state index in [-0.39, 0.29) is 34.8 Å². The van der Waals surface area contributed by atoms with Gasteiger partial charge in [0.2, 0.25) is 0 Å². The first-order valence-electron chi connectivity index (χ1n) is 6.61. The Morgan fingerprint density at radius 2 is 2.00 bits per heavy atom. The zero-order valence-corrected chi connectivity index (χ0v) is 11.9. The van der Waals surface area contributed by atoms with Gasteiger partial charge in [0.05, 0.1) is 17.1 Å². The van der Waals surface area contributed by atoms with Crippen LogP contribution in [-0.4, -0.2) is 38.6 Å². The zero-order chi connectivity index (χ0) is 14.7. The predicted molar refractivity (Wildman–Crippen MR) is 79.8 cm³/mol. The maximum Gasteiger partial charge on any atom is 0.258 e. The molecule has 0 aromatic heterocycles. The first-order valence-corrected chi connectivity index (χ1v) is 7.01. The minimum atomic E-state index is -0.400. The van der Waals surface area contributed by atoms with Gasteiger partial charge in [-0.1, -0.05) is 31.1 Å². The zero-order valence-electron chi connectivity index (χ0n) is 11.1. The Kier molecular flexibility index (Phi) is 4.44. The second-order valence-corrected chi connectivity index (χ2v) is 5.54. The number of nitrogens with two attached hydrogens (primary N) is 1. The molecular formula is C14H18N2O3S. The van der Waals surface area contributed by atoms with E-state index in [0.29, 0.717) is 0 Å². The van der Waals surface area contributed by atoms with Crippen LogP contribution in [0.1, 0.15) is 36.0 Å². The molecule has 0 radical (unpaired) electrons. The van der Waals surface area contributed by atoms with Crippen molar-refractivity contribution in [2.75, 3.05) is 6.54 Å². The fourth-order valence-corrected chi connectivity index (χ4v) is 2.75. The third-order valence-electron chi connectivity index (χ3n) is 3.60. The minimum Gasteiger partial charge on any atom is -0.504 e. The summed E-state index contributed by atoms with van der Waals surface area (Å²) in [5.41, 5.74) is 5.65. The van der Waals surface area contributed by atoms with Crippen LogP contribution < -0.4 is 5.73 Å². The van der Waals surface area contributed by atoms with Crippen LogP contribution in [0.2, 0.25) is 0 Å². The molecule has 2 rings (SSSR count). The summed E-state index contributed by atoms with van der Waals surface area (Å²) in [5.74, 6) is -1.06. The molecule has 1 saturated carbocycles. The lowest BCUT2D eigenvalue weighted by Crippen LogP contribution is -2.43. The summed E-state index contributed by atoms with van der Waals surface area (Å²) in [6.45, 7) is 0.188. The van der Waals surface area contributed by atoms with Crippen LogP contribution >= 0.6 is 12.2 Å². The van der Waals surface area contributed by atoms with Gasteiger partial charge in [-0.2, -0.15) is 0 Å². The summed E-state index contributed by atoms with van der Waals surface area (Å²) >= 11 is 4.91. The number of phenols is 2. The number of para-hydroxylation sites is 1. The Balaban J connectivity index is 2.29. The topological polar surface area (TPSA) is 86.8 Å². The van der Waals surface area contributed by atoms with E-state index < -0.39 is 5.75 Å². The third-order valence-corrected chi connectivity index (χ3v) is 3.73. The fourth-order valence-electron chi connectivity index (χ4n) is 2.61. The maximum atomic E-state index is 12.6. The molecule has 0 bridgehead atoms. The highest BCUT2D eigenvalue weighted by molar-refractivity contribution is 7.80. The molecule has 0 unspecified atom stereocenters. The van der Waals surface area contributed by atoms with E-state index in [1.165, 1.54) is 18.2 Å². The molecule has 1 aliphatic rings. The van der Waals surface area contributed by atoms with Crippen molar-refractivity contribution in [2.45, 2.75) is 31.7 Å². The average Bonchev–Trinajstić information content (AvgIpc) is 2.92. The third kappa shape index (κ3) is 3.01. The van der Waals surface area contributed by atoms with Gasteiger partial charge in [-0.15, -0.1) is 0 Å². The highest BCUT2D eigenvalue weighted by Crippen LogP contribution is 2.31. The molecule has 4 N–H and O–H groups in total. The van der Waals surface area contributed by atoms with Gasteiger partial charge in [-0.3, -0.25) is 4.79 Å². The molecule has 0 saturated heterocycles. The number of aromatic hydroxyl groups is 2. The Hall–Kier alpha value is -1.82. The fraction of sp³-hybridized carbons (Fsp3) is 0.429.